The quantitative estimate of drug-likeness (QED) is 0.273. The summed E-state index contributed by atoms with van der Waals surface area (Å²) in [6.45, 7) is 4.59. The van der Waals surface area contributed by atoms with E-state index in [0.29, 0.717) is 0 Å². The first-order chi connectivity index (χ1) is 19.0. The summed E-state index contributed by atoms with van der Waals surface area (Å²) in [5.41, 5.74) is 2.75. The predicted octanol–water partition coefficient (Wildman–Crippen LogP) is 4.82. The normalized spacial score (nSPS) is 24.8. The smallest absolute Gasteiger partial charge is 0.118 e. The number of halogens is 1. The van der Waals surface area contributed by atoms with Crippen molar-refractivity contribution >= 4 is 15.9 Å². The van der Waals surface area contributed by atoms with E-state index in [-0.39, 0.29) is 26.4 Å². The van der Waals surface area contributed by atoms with Crippen molar-refractivity contribution in [3.63, 3.8) is 0 Å². The SMILES string of the molecule is C=CCO[C@@H]1[C@@H](O)[C@H](OCc2ccc(OC)cc2)[C@@H](O)[C@@H](OCc2ccc(Br)cc2)[C@H]1OCc1ccccc1. The largest absolute Gasteiger partial charge is 0.497 e. The number of hydrogen-bond acceptors (Lipinski definition) is 7. The van der Waals surface area contributed by atoms with Crippen molar-refractivity contribution in [3.8, 4) is 5.75 Å². The molecule has 0 aromatic heterocycles. The summed E-state index contributed by atoms with van der Waals surface area (Å²) in [7, 11) is 1.61. The molecule has 4 rings (SSSR count). The molecule has 1 saturated carbocycles. The molecular weight excluding hydrogens is 564 g/mol. The van der Waals surface area contributed by atoms with Crippen LogP contribution in [-0.2, 0) is 38.8 Å². The van der Waals surface area contributed by atoms with E-state index in [2.05, 4.69) is 22.5 Å². The van der Waals surface area contributed by atoms with Crippen molar-refractivity contribution < 1.29 is 33.9 Å². The maximum absolute atomic E-state index is 11.5. The molecule has 2 N–H and O–H groups in total. The zero-order chi connectivity index (χ0) is 27.6. The van der Waals surface area contributed by atoms with Crippen molar-refractivity contribution in [2.45, 2.75) is 56.4 Å². The molecule has 7 nitrogen and oxygen atoms in total. The maximum Gasteiger partial charge on any atom is 0.118 e. The number of rotatable bonds is 13. The first-order valence-electron chi connectivity index (χ1n) is 12.8. The topological polar surface area (TPSA) is 86.6 Å². The lowest BCUT2D eigenvalue weighted by Crippen LogP contribution is -2.66. The van der Waals surface area contributed by atoms with Crippen molar-refractivity contribution in [2.24, 2.45) is 0 Å². The first kappa shape index (κ1) is 29.4. The van der Waals surface area contributed by atoms with E-state index < -0.39 is 36.6 Å². The van der Waals surface area contributed by atoms with Crippen LogP contribution in [0.4, 0.5) is 0 Å². The minimum atomic E-state index is -1.18. The molecule has 0 radical (unpaired) electrons. The van der Waals surface area contributed by atoms with Gasteiger partial charge in [0, 0.05) is 4.47 Å². The molecule has 0 amide bonds. The van der Waals surface area contributed by atoms with Gasteiger partial charge in [-0.15, -0.1) is 6.58 Å². The fourth-order valence-corrected chi connectivity index (χ4v) is 4.82. The first-order valence-corrected chi connectivity index (χ1v) is 13.6. The van der Waals surface area contributed by atoms with Gasteiger partial charge in [0.25, 0.3) is 0 Å². The Morgan fingerprint density at radius 3 is 1.72 bits per heavy atom. The molecule has 1 fully saturated rings. The summed E-state index contributed by atoms with van der Waals surface area (Å²) in [5.74, 6) is 0.731. The van der Waals surface area contributed by atoms with Crippen LogP contribution < -0.4 is 4.74 Å². The number of aliphatic hydroxyl groups excluding tert-OH is 2. The lowest BCUT2D eigenvalue weighted by Gasteiger charge is -2.46. The van der Waals surface area contributed by atoms with Gasteiger partial charge in [-0.05, 0) is 41.0 Å². The van der Waals surface area contributed by atoms with Crippen LogP contribution in [0.25, 0.3) is 0 Å². The number of aliphatic hydroxyl groups is 2. The van der Waals surface area contributed by atoms with Crippen LogP contribution in [0.3, 0.4) is 0 Å². The standard InChI is InChI=1S/C31H35BrO7/c1-3-17-36-29-26(33)28(37-19-23-11-15-25(35-2)16-12-23)27(34)30(38-20-22-9-13-24(32)14-10-22)31(29)39-18-21-7-5-4-6-8-21/h3-16,26-31,33-34H,1,17-20H2,2H3/t26-,27+,28-,29+,30+,31-/m0/s1. The molecule has 3 aromatic rings. The fourth-order valence-electron chi connectivity index (χ4n) is 4.56. The number of methoxy groups -OCH3 is 1. The Morgan fingerprint density at radius 1 is 0.667 bits per heavy atom. The van der Waals surface area contributed by atoms with E-state index in [9.17, 15) is 10.2 Å². The van der Waals surface area contributed by atoms with Crippen LogP contribution >= 0.6 is 15.9 Å². The van der Waals surface area contributed by atoms with Gasteiger partial charge in [0.2, 0.25) is 0 Å². The van der Waals surface area contributed by atoms with Gasteiger partial charge in [-0.3, -0.25) is 0 Å². The van der Waals surface area contributed by atoms with E-state index in [1.165, 1.54) is 0 Å². The number of hydrogen-bond donors (Lipinski definition) is 2. The minimum absolute atomic E-state index is 0.173. The molecule has 0 heterocycles. The summed E-state index contributed by atoms with van der Waals surface area (Å²) in [5, 5.41) is 22.9. The highest BCUT2D eigenvalue weighted by Gasteiger charge is 2.52. The summed E-state index contributed by atoms with van der Waals surface area (Å²) in [4.78, 5) is 0. The average molecular weight is 600 g/mol. The van der Waals surface area contributed by atoms with Crippen molar-refractivity contribution in [2.75, 3.05) is 13.7 Å². The van der Waals surface area contributed by atoms with Gasteiger partial charge in [0.1, 0.15) is 42.4 Å². The lowest BCUT2D eigenvalue weighted by atomic mass is 9.84. The van der Waals surface area contributed by atoms with Gasteiger partial charge in [-0.1, -0.05) is 76.6 Å². The zero-order valence-electron chi connectivity index (χ0n) is 21.9. The van der Waals surface area contributed by atoms with E-state index in [1.54, 1.807) is 13.2 Å². The number of ether oxygens (including phenoxy) is 5. The predicted molar refractivity (Wildman–Crippen MR) is 151 cm³/mol. The highest BCUT2D eigenvalue weighted by molar-refractivity contribution is 9.10. The molecule has 6 atom stereocenters. The van der Waals surface area contributed by atoms with Crippen LogP contribution in [0.15, 0.2) is 96.0 Å². The van der Waals surface area contributed by atoms with Crippen molar-refractivity contribution in [1.29, 1.82) is 0 Å². The molecule has 39 heavy (non-hydrogen) atoms. The third kappa shape index (κ3) is 7.99. The molecule has 0 spiro atoms. The number of benzene rings is 3. The summed E-state index contributed by atoms with van der Waals surface area (Å²) in [6.07, 6.45) is -4.16. The highest BCUT2D eigenvalue weighted by Crippen LogP contribution is 2.32. The van der Waals surface area contributed by atoms with Gasteiger partial charge in [-0.25, -0.2) is 0 Å². The van der Waals surface area contributed by atoms with E-state index in [4.69, 9.17) is 23.7 Å². The van der Waals surface area contributed by atoms with Crippen molar-refractivity contribution in [1.82, 2.24) is 0 Å². The Bertz CT molecular complexity index is 1140. The van der Waals surface area contributed by atoms with E-state index >= 15 is 0 Å². The molecule has 0 unspecified atom stereocenters. The third-order valence-electron chi connectivity index (χ3n) is 6.64. The molecule has 0 saturated heterocycles. The Kier molecular flexibility index (Phi) is 11.1. The average Bonchev–Trinajstić information content (AvgIpc) is 2.97. The molecule has 3 aromatic carbocycles. The Labute approximate surface area is 238 Å². The Morgan fingerprint density at radius 2 is 1.15 bits per heavy atom. The van der Waals surface area contributed by atoms with E-state index in [1.807, 2.05) is 78.9 Å². The van der Waals surface area contributed by atoms with Gasteiger partial charge in [0.05, 0.1) is 33.5 Å². The van der Waals surface area contributed by atoms with Gasteiger partial charge in [0.15, 0.2) is 0 Å². The molecule has 8 heteroatoms. The molecule has 208 valence electrons. The van der Waals surface area contributed by atoms with Gasteiger partial charge >= 0.3 is 0 Å². The Balaban J connectivity index is 1.56. The van der Waals surface area contributed by atoms with Gasteiger partial charge in [-0.2, -0.15) is 0 Å². The minimum Gasteiger partial charge on any atom is -0.497 e. The fraction of sp³-hybridized carbons (Fsp3) is 0.355. The van der Waals surface area contributed by atoms with Gasteiger partial charge < -0.3 is 33.9 Å². The zero-order valence-corrected chi connectivity index (χ0v) is 23.5. The molecule has 0 bridgehead atoms. The molecule has 0 aliphatic heterocycles. The van der Waals surface area contributed by atoms with Crippen LogP contribution in [0, 0.1) is 0 Å². The third-order valence-corrected chi connectivity index (χ3v) is 7.17. The monoisotopic (exact) mass is 598 g/mol. The van der Waals surface area contributed by atoms with E-state index in [0.717, 1.165) is 26.9 Å². The second kappa shape index (κ2) is 14.7. The molecule has 1 aliphatic rings. The van der Waals surface area contributed by atoms with Crippen LogP contribution in [0.2, 0.25) is 0 Å². The Hall–Kier alpha value is -2.56. The second-order valence-electron chi connectivity index (χ2n) is 9.35. The highest BCUT2D eigenvalue weighted by atomic mass is 79.9. The van der Waals surface area contributed by atoms with Crippen LogP contribution in [0.5, 0.6) is 5.75 Å². The summed E-state index contributed by atoms with van der Waals surface area (Å²) < 4.78 is 30.9. The van der Waals surface area contributed by atoms with Crippen LogP contribution in [0.1, 0.15) is 16.7 Å². The van der Waals surface area contributed by atoms with Crippen LogP contribution in [-0.4, -0.2) is 60.6 Å². The molecular formula is C31H35BrO7. The van der Waals surface area contributed by atoms with Crippen molar-refractivity contribution in [3.05, 3.63) is 113 Å². The lowest BCUT2D eigenvalue weighted by molar-refractivity contribution is -0.269. The maximum atomic E-state index is 11.5. The molecule has 1 aliphatic carbocycles. The summed E-state index contributed by atoms with van der Waals surface area (Å²) in [6, 6.07) is 24.9. The summed E-state index contributed by atoms with van der Waals surface area (Å²) >= 11 is 3.45. The second-order valence-corrected chi connectivity index (χ2v) is 10.3.